The number of hydrogen-bond acceptors (Lipinski definition) is 6. The molecule has 2 aromatic heterocycles. The summed E-state index contributed by atoms with van der Waals surface area (Å²) in [6.07, 6.45) is 1.77. The molecule has 0 radical (unpaired) electrons. The van der Waals surface area contributed by atoms with Crippen LogP contribution >= 0.6 is 11.6 Å². The molecule has 1 unspecified atom stereocenters. The lowest BCUT2D eigenvalue weighted by Gasteiger charge is -2.20. The number of H-pyrrole nitrogens is 1. The SMILES string of the molecule is O=c1[nH]c(=O)n(Cc2ccccc2)c2nc(-c3cc(Cl)c4c(c3)OCCO4)n(CC3CCCO3)c12. The number of nitrogens with zero attached hydrogens (tertiary/aromatic N) is 3. The first-order chi connectivity index (χ1) is 17.1. The van der Waals surface area contributed by atoms with Crippen LogP contribution in [-0.2, 0) is 17.8 Å². The third kappa shape index (κ3) is 4.00. The molecule has 1 N–H and O–H groups in total. The van der Waals surface area contributed by atoms with Gasteiger partial charge in [-0.05, 0) is 30.5 Å². The van der Waals surface area contributed by atoms with E-state index in [-0.39, 0.29) is 12.6 Å². The first kappa shape index (κ1) is 21.9. The lowest BCUT2D eigenvalue weighted by Crippen LogP contribution is -2.32. The van der Waals surface area contributed by atoms with Gasteiger partial charge in [0.25, 0.3) is 5.56 Å². The van der Waals surface area contributed by atoms with Crippen molar-refractivity contribution in [2.24, 2.45) is 0 Å². The Hall–Kier alpha value is -3.56. The lowest BCUT2D eigenvalue weighted by molar-refractivity contribution is 0.0982. The van der Waals surface area contributed by atoms with Gasteiger partial charge in [0.05, 0.1) is 24.2 Å². The Balaban J connectivity index is 1.58. The predicted octanol–water partition coefficient (Wildman–Crippen LogP) is 3.21. The summed E-state index contributed by atoms with van der Waals surface area (Å²) in [6, 6.07) is 13.1. The number of halogens is 1. The summed E-state index contributed by atoms with van der Waals surface area (Å²) in [5.74, 6) is 1.51. The molecule has 1 fully saturated rings. The normalized spacial score (nSPS) is 17.2. The van der Waals surface area contributed by atoms with Gasteiger partial charge in [0.2, 0.25) is 0 Å². The Morgan fingerprint density at radius 3 is 2.69 bits per heavy atom. The smallest absolute Gasteiger partial charge is 0.330 e. The van der Waals surface area contributed by atoms with Crippen molar-refractivity contribution in [2.45, 2.75) is 32.0 Å². The molecule has 6 rings (SSSR count). The average molecular weight is 495 g/mol. The van der Waals surface area contributed by atoms with Crippen molar-refractivity contribution in [3.63, 3.8) is 0 Å². The third-order valence-corrected chi connectivity index (χ3v) is 6.62. The molecule has 0 bridgehead atoms. The Labute approximate surface area is 204 Å². The number of nitrogens with one attached hydrogen (secondary N) is 1. The van der Waals surface area contributed by atoms with E-state index in [1.807, 2.05) is 34.9 Å². The Bertz CT molecular complexity index is 1520. The number of ether oxygens (including phenoxy) is 3. The molecule has 0 aliphatic carbocycles. The molecule has 0 spiro atoms. The van der Waals surface area contributed by atoms with Gasteiger partial charge in [0.15, 0.2) is 22.7 Å². The van der Waals surface area contributed by atoms with Crippen molar-refractivity contribution in [1.82, 2.24) is 19.1 Å². The second-order valence-electron chi connectivity index (χ2n) is 8.67. The van der Waals surface area contributed by atoms with Crippen molar-refractivity contribution in [1.29, 1.82) is 0 Å². The maximum absolute atomic E-state index is 13.1. The van der Waals surface area contributed by atoms with Crippen molar-refractivity contribution in [3.8, 4) is 22.9 Å². The zero-order valence-electron chi connectivity index (χ0n) is 18.8. The maximum atomic E-state index is 13.1. The Morgan fingerprint density at radius 1 is 1.06 bits per heavy atom. The molecule has 0 saturated carbocycles. The maximum Gasteiger partial charge on any atom is 0.330 e. The zero-order chi connectivity index (χ0) is 23.9. The van der Waals surface area contributed by atoms with Crippen molar-refractivity contribution in [3.05, 3.63) is 73.9 Å². The molecule has 9 nitrogen and oxygen atoms in total. The summed E-state index contributed by atoms with van der Waals surface area (Å²) in [5.41, 5.74) is 1.19. The number of aromatic amines is 1. The molecule has 1 atom stereocenters. The molecule has 4 heterocycles. The molecule has 0 amide bonds. The van der Waals surface area contributed by atoms with Gasteiger partial charge in [-0.1, -0.05) is 41.9 Å². The van der Waals surface area contributed by atoms with E-state index in [0.29, 0.717) is 65.4 Å². The summed E-state index contributed by atoms with van der Waals surface area (Å²) in [4.78, 5) is 33.3. The molecule has 35 heavy (non-hydrogen) atoms. The molecular formula is C25H23ClN4O5. The van der Waals surface area contributed by atoms with E-state index >= 15 is 0 Å². The fourth-order valence-electron chi connectivity index (χ4n) is 4.72. The van der Waals surface area contributed by atoms with Gasteiger partial charge < -0.3 is 18.8 Å². The summed E-state index contributed by atoms with van der Waals surface area (Å²) in [5, 5.41) is 0.392. The van der Waals surface area contributed by atoms with E-state index in [1.54, 1.807) is 12.1 Å². The second kappa shape index (κ2) is 8.90. The van der Waals surface area contributed by atoms with Crippen molar-refractivity contribution >= 4 is 22.8 Å². The zero-order valence-corrected chi connectivity index (χ0v) is 19.6. The number of benzene rings is 2. The van der Waals surface area contributed by atoms with Crippen LogP contribution in [0.2, 0.25) is 5.02 Å². The number of aromatic nitrogens is 4. The van der Waals surface area contributed by atoms with Gasteiger partial charge in [0, 0.05) is 12.2 Å². The highest BCUT2D eigenvalue weighted by atomic mass is 35.5. The third-order valence-electron chi connectivity index (χ3n) is 6.33. The predicted molar refractivity (Wildman–Crippen MR) is 131 cm³/mol. The molecule has 10 heteroatoms. The highest BCUT2D eigenvalue weighted by molar-refractivity contribution is 6.32. The van der Waals surface area contributed by atoms with Gasteiger partial charge in [-0.25, -0.2) is 9.78 Å². The number of rotatable bonds is 5. The molecule has 2 aliphatic rings. The van der Waals surface area contributed by atoms with E-state index in [4.69, 9.17) is 30.8 Å². The first-order valence-electron chi connectivity index (χ1n) is 11.6. The molecule has 4 aromatic rings. The van der Waals surface area contributed by atoms with Gasteiger partial charge in [-0.15, -0.1) is 0 Å². The quantitative estimate of drug-likeness (QED) is 0.457. The van der Waals surface area contributed by atoms with Crippen LogP contribution in [0.1, 0.15) is 18.4 Å². The largest absolute Gasteiger partial charge is 0.486 e. The average Bonchev–Trinajstić information content (AvgIpc) is 3.51. The van der Waals surface area contributed by atoms with Gasteiger partial charge in [0.1, 0.15) is 19.0 Å². The number of fused-ring (bicyclic) bond motifs is 2. The van der Waals surface area contributed by atoms with Gasteiger partial charge >= 0.3 is 5.69 Å². The van der Waals surface area contributed by atoms with Crippen molar-refractivity contribution < 1.29 is 14.2 Å². The van der Waals surface area contributed by atoms with E-state index < -0.39 is 11.2 Å². The molecule has 2 aliphatic heterocycles. The summed E-state index contributed by atoms with van der Waals surface area (Å²) in [6.45, 7) is 2.20. The van der Waals surface area contributed by atoms with Crippen LogP contribution in [-0.4, -0.2) is 45.0 Å². The minimum atomic E-state index is -0.514. The second-order valence-corrected chi connectivity index (χ2v) is 9.07. The van der Waals surface area contributed by atoms with E-state index in [1.165, 1.54) is 4.57 Å². The monoisotopic (exact) mass is 494 g/mol. The van der Waals surface area contributed by atoms with Crippen LogP contribution in [0, 0.1) is 0 Å². The highest BCUT2D eigenvalue weighted by Gasteiger charge is 2.26. The van der Waals surface area contributed by atoms with Gasteiger partial charge in [-0.3, -0.25) is 14.3 Å². The molecule has 2 aromatic carbocycles. The molecular weight excluding hydrogens is 472 g/mol. The van der Waals surface area contributed by atoms with E-state index in [0.717, 1.165) is 18.4 Å². The fourth-order valence-corrected chi connectivity index (χ4v) is 4.98. The lowest BCUT2D eigenvalue weighted by atomic mass is 10.1. The Kier molecular flexibility index (Phi) is 5.58. The summed E-state index contributed by atoms with van der Waals surface area (Å²) in [7, 11) is 0. The van der Waals surface area contributed by atoms with Crippen LogP contribution in [0.15, 0.2) is 52.1 Å². The minimum Gasteiger partial charge on any atom is -0.486 e. The summed E-state index contributed by atoms with van der Waals surface area (Å²) >= 11 is 6.52. The van der Waals surface area contributed by atoms with Crippen LogP contribution < -0.4 is 20.7 Å². The van der Waals surface area contributed by atoms with E-state index in [2.05, 4.69) is 4.98 Å². The van der Waals surface area contributed by atoms with Crippen LogP contribution in [0.3, 0.4) is 0 Å². The standard InChI is InChI=1S/C25H23ClN4O5/c26-18-11-16(12-19-21(18)35-10-9-34-19)22-27-23-20(29(22)14-17-7-4-8-33-17)24(31)28-25(32)30(23)13-15-5-2-1-3-6-15/h1-3,5-6,11-12,17H,4,7-10,13-14H2,(H,28,31,32). The van der Waals surface area contributed by atoms with Crippen LogP contribution in [0.25, 0.3) is 22.6 Å². The summed E-state index contributed by atoms with van der Waals surface area (Å²) < 4.78 is 20.6. The topological polar surface area (TPSA) is 100 Å². The number of hydrogen-bond donors (Lipinski definition) is 1. The van der Waals surface area contributed by atoms with E-state index in [9.17, 15) is 9.59 Å². The Morgan fingerprint density at radius 2 is 1.89 bits per heavy atom. The number of imidazole rings is 1. The molecule has 180 valence electrons. The van der Waals surface area contributed by atoms with Gasteiger partial charge in [-0.2, -0.15) is 0 Å². The van der Waals surface area contributed by atoms with Crippen molar-refractivity contribution in [2.75, 3.05) is 19.8 Å². The minimum absolute atomic E-state index is 0.0623. The fraction of sp³-hybridized carbons (Fsp3) is 0.320. The molecule has 1 saturated heterocycles. The highest BCUT2D eigenvalue weighted by Crippen LogP contribution is 2.41. The van der Waals surface area contributed by atoms with Crippen LogP contribution in [0.4, 0.5) is 0 Å². The first-order valence-corrected chi connectivity index (χ1v) is 11.9. The van der Waals surface area contributed by atoms with Crippen LogP contribution in [0.5, 0.6) is 11.5 Å².